The minimum absolute atomic E-state index is 0.449. The molecule has 172 valence electrons. The van der Waals surface area contributed by atoms with Gasteiger partial charge in [-0.15, -0.1) is 0 Å². The Labute approximate surface area is 237 Å². The van der Waals surface area contributed by atoms with Gasteiger partial charge >= 0.3 is 0 Å². The normalized spacial score (nSPS) is 13.9. The maximum atomic E-state index is 3.79. The van der Waals surface area contributed by atoms with Crippen LogP contribution >= 0.6 is 50.3 Å². The lowest BCUT2D eigenvalue weighted by Gasteiger charge is -2.42. The number of hydrogen-bond acceptors (Lipinski definition) is 1. The molecule has 0 aromatic heterocycles. The van der Waals surface area contributed by atoms with Crippen molar-refractivity contribution < 1.29 is 0 Å². The molecular weight excluding hydrogens is 635 g/mol. The molecule has 0 fully saturated rings. The van der Waals surface area contributed by atoms with E-state index in [0.717, 1.165) is 4.47 Å². The van der Waals surface area contributed by atoms with Gasteiger partial charge in [0, 0.05) is 17.8 Å². The zero-order chi connectivity index (χ0) is 24.3. The van der Waals surface area contributed by atoms with Crippen molar-refractivity contribution in [2.45, 2.75) is 15.2 Å². The number of benzene rings is 6. The molecular formula is C33H20BrIS. The molecule has 7 rings (SSSR count). The summed E-state index contributed by atoms with van der Waals surface area (Å²) in [6.45, 7) is 0. The molecule has 1 aliphatic heterocycles. The Kier molecular flexibility index (Phi) is 5.49. The molecule has 0 N–H and O–H groups in total. The van der Waals surface area contributed by atoms with Crippen molar-refractivity contribution in [1.82, 2.24) is 0 Å². The topological polar surface area (TPSA) is 0 Å². The molecule has 0 saturated heterocycles. The first-order valence-corrected chi connectivity index (χ1v) is 14.6. The Balaban J connectivity index is 1.71. The molecule has 0 aliphatic carbocycles. The summed E-state index contributed by atoms with van der Waals surface area (Å²) in [5.41, 5.74) is 4.80. The lowest BCUT2D eigenvalue weighted by atomic mass is 9.64. The van der Waals surface area contributed by atoms with Crippen LogP contribution in [0.5, 0.6) is 0 Å². The molecule has 0 atom stereocenters. The predicted octanol–water partition coefficient (Wildman–Crippen LogP) is 10.2. The van der Waals surface area contributed by atoms with E-state index in [9.17, 15) is 0 Å². The molecule has 1 aliphatic rings. The summed E-state index contributed by atoms with van der Waals surface area (Å²) in [4.78, 5) is 2.63. The summed E-state index contributed by atoms with van der Waals surface area (Å²) >= 11 is 8.14. The molecule has 6 aromatic rings. The standard InChI is InChI=1S/C33H20BrIS/c34-27-13-5-11-25(19-27)33(26-12-6-14-28(35)20-26)29-15-21-7-1-3-9-23(21)17-31(29)36-32-18-24-10-4-2-8-22(24)16-30(32)33/h1-20H. The lowest BCUT2D eigenvalue weighted by Crippen LogP contribution is -2.34. The highest BCUT2D eigenvalue weighted by molar-refractivity contribution is 14.1. The van der Waals surface area contributed by atoms with E-state index in [1.54, 1.807) is 0 Å². The fourth-order valence-corrected chi connectivity index (χ4v) is 7.88. The second-order valence-electron chi connectivity index (χ2n) is 9.26. The molecule has 0 saturated carbocycles. The quantitative estimate of drug-likeness (QED) is 0.167. The minimum atomic E-state index is -0.449. The van der Waals surface area contributed by atoms with E-state index in [1.807, 2.05) is 11.8 Å². The first-order chi connectivity index (χ1) is 17.6. The van der Waals surface area contributed by atoms with Crippen LogP contribution in [-0.2, 0) is 5.41 Å². The molecule has 0 radical (unpaired) electrons. The van der Waals surface area contributed by atoms with E-state index in [2.05, 4.69) is 160 Å². The smallest absolute Gasteiger partial charge is 0.0724 e. The highest BCUT2D eigenvalue weighted by Gasteiger charge is 2.45. The van der Waals surface area contributed by atoms with E-state index in [0.29, 0.717) is 0 Å². The Bertz CT molecular complexity index is 1670. The summed E-state index contributed by atoms with van der Waals surface area (Å²) < 4.78 is 2.33. The molecule has 0 unspecified atom stereocenters. The number of fused-ring (bicyclic) bond motifs is 4. The van der Waals surface area contributed by atoms with E-state index < -0.39 is 5.41 Å². The number of hydrogen-bond donors (Lipinski definition) is 0. The Morgan fingerprint density at radius 1 is 0.528 bits per heavy atom. The van der Waals surface area contributed by atoms with Gasteiger partial charge in [-0.25, -0.2) is 0 Å². The third-order valence-corrected chi connectivity index (χ3v) is 9.52. The van der Waals surface area contributed by atoms with Crippen LogP contribution in [0, 0.1) is 3.57 Å². The van der Waals surface area contributed by atoms with Crippen LogP contribution in [0.3, 0.4) is 0 Å². The van der Waals surface area contributed by atoms with Crippen LogP contribution in [0.4, 0.5) is 0 Å². The van der Waals surface area contributed by atoms with Crippen LogP contribution in [0.15, 0.2) is 136 Å². The van der Waals surface area contributed by atoms with Gasteiger partial charge in [-0.3, -0.25) is 0 Å². The molecule has 0 nitrogen and oxygen atoms in total. The summed E-state index contributed by atoms with van der Waals surface area (Å²) in [7, 11) is 0. The van der Waals surface area contributed by atoms with Gasteiger partial charge in [0.25, 0.3) is 0 Å². The first kappa shape index (κ1) is 22.6. The largest absolute Gasteiger partial charge is 0.0894 e. The summed E-state index contributed by atoms with van der Waals surface area (Å²) in [6, 6.07) is 45.0. The van der Waals surface area contributed by atoms with Gasteiger partial charge in [-0.05, 0) is 115 Å². The average Bonchev–Trinajstić information content (AvgIpc) is 2.89. The van der Waals surface area contributed by atoms with Gasteiger partial charge < -0.3 is 0 Å². The summed E-state index contributed by atoms with van der Waals surface area (Å²) in [6.07, 6.45) is 0. The highest BCUT2D eigenvalue weighted by atomic mass is 127. The van der Waals surface area contributed by atoms with Gasteiger partial charge in [-0.2, -0.15) is 0 Å². The van der Waals surface area contributed by atoms with Crippen LogP contribution < -0.4 is 0 Å². The SMILES string of the molecule is Brc1cccc(C2(c3cccc(I)c3)c3cc4ccccc4cc3Sc3cc4ccccc4cc32)c1. The zero-order valence-corrected chi connectivity index (χ0v) is 23.8. The second kappa shape index (κ2) is 8.76. The fraction of sp³-hybridized carbons (Fsp3) is 0.0303. The molecule has 0 bridgehead atoms. The van der Waals surface area contributed by atoms with Gasteiger partial charge in [0.15, 0.2) is 0 Å². The molecule has 36 heavy (non-hydrogen) atoms. The van der Waals surface area contributed by atoms with Gasteiger partial charge in [0.1, 0.15) is 0 Å². The van der Waals surface area contributed by atoms with Crippen LogP contribution in [0.25, 0.3) is 21.5 Å². The van der Waals surface area contributed by atoms with E-state index >= 15 is 0 Å². The minimum Gasteiger partial charge on any atom is -0.0894 e. The monoisotopic (exact) mass is 654 g/mol. The maximum absolute atomic E-state index is 3.79. The first-order valence-electron chi connectivity index (χ1n) is 11.9. The van der Waals surface area contributed by atoms with E-state index in [4.69, 9.17) is 0 Å². The number of halogens is 2. The lowest BCUT2D eigenvalue weighted by molar-refractivity contribution is 0.705. The van der Waals surface area contributed by atoms with Crippen LogP contribution in [0.2, 0.25) is 0 Å². The third kappa shape index (κ3) is 3.47. The number of rotatable bonds is 2. The van der Waals surface area contributed by atoms with Crippen molar-refractivity contribution in [2.75, 3.05) is 0 Å². The molecule has 3 heteroatoms. The molecule has 0 spiro atoms. The third-order valence-electron chi connectivity index (χ3n) is 7.24. The van der Waals surface area contributed by atoms with Gasteiger partial charge in [-0.1, -0.05) is 100 Å². The molecule has 0 amide bonds. The van der Waals surface area contributed by atoms with E-state index in [-0.39, 0.29) is 0 Å². The van der Waals surface area contributed by atoms with Crippen molar-refractivity contribution in [3.05, 3.63) is 152 Å². The summed E-state index contributed by atoms with van der Waals surface area (Å²) in [5, 5.41) is 5.09. The summed E-state index contributed by atoms with van der Waals surface area (Å²) in [5.74, 6) is 0. The zero-order valence-electron chi connectivity index (χ0n) is 19.2. The van der Waals surface area contributed by atoms with Crippen molar-refractivity contribution >= 4 is 71.8 Å². The maximum Gasteiger partial charge on any atom is 0.0724 e. The average molecular weight is 655 g/mol. The van der Waals surface area contributed by atoms with Crippen molar-refractivity contribution in [3.8, 4) is 0 Å². The van der Waals surface area contributed by atoms with Gasteiger partial charge in [0.2, 0.25) is 0 Å². The second-order valence-corrected chi connectivity index (χ2v) is 12.5. The Morgan fingerprint density at radius 2 is 1.03 bits per heavy atom. The van der Waals surface area contributed by atoms with Crippen molar-refractivity contribution in [1.29, 1.82) is 0 Å². The Hall–Kier alpha value is -2.60. The van der Waals surface area contributed by atoms with E-state index in [1.165, 1.54) is 57.2 Å². The van der Waals surface area contributed by atoms with Crippen molar-refractivity contribution in [2.24, 2.45) is 0 Å². The highest BCUT2D eigenvalue weighted by Crippen LogP contribution is 2.57. The van der Waals surface area contributed by atoms with Crippen molar-refractivity contribution in [3.63, 3.8) is 0 Å². The molecule has 6 aromatic carbocycles. The fourth-order valence-electron chi connectivity index (χ4n) is 5.69. The molecule has 1 heterocycles. The van der Waals surface area contributed by atoms with Crippen LogP contribution in [-0.4, -0.2) is 0 Å². The predicted molar refractivity (Wildman–Crippen MR) is 164 cm³/mol. The van der Waals surface area contributed by atoms with Gasteiger partial charge in [0.05, 0.1) is 5.41 Å². The van der Waals surface area contributed by atoms with Crippen LogP contribution in [0.1, 0.15) is 22.3 Å². The Morgan fingerprint density at radius 3 is 1.56 bits per heavy atom.